The zero-order valence-electron chi connectivity index (χ0n) is 9.36. The van der Waals surface area contributed by atoms with Crippen molar-refractivity contribution in [1.29, 1.82) is 0 Å². The highest BCUT2D eigenvalue weighted by atomic mass is 32.2. The summed E-state index contributed by atoms with van der Waals surface area (Å²) in [5, 5.41) is 0. The molecule has 0 aromatic carbocycles. The van der Waals surface area contributed by atoms with Gasteiger partial charge in [-0.25, -0.2) is 8.42 Å². The first kappa shape index (κ1) is 12.0. The van der Waals surface area contributed by atoms with Crippen LogP contribution in [-0.4, -0.2) is 31.6 Å². The Balaban J connectivity index is 2.60. The van der Waals surface area contributed by atoms with Crippen LogP contribution in [0.3, 0.4) is 0 Å². The lowest BCUT2D eigenvalue weighted by molar-refractivity contribution is 0.326. The standard InChI is InChI=1S/C10H21NO2S/c1-4-9(2)8-10-6-5-7-11(10)14(3,12)13/h9-10H,4-8H2,1-3H3/t9?,10-/m1/s1. The molecule has 1 saturated heterocycles. The summed E-state index contributed by atoms with van der Waals surface area (Å²) in [6.45, 7) is 5.07. The monoisotopic (exact) mass is 219 g/mol. The lowest BCUT2D eigenvalue weighted by atomic mass is 9.98. The van der Waals surface area contributed by atoms with Gasteiger partial charge in [0.05, 0.1) is 6.26 Å². The van der Waals surface area contributed by atoms with Gasteiger partial charge in [-0.3, -0.25) is 0 Å². The molecule has 1 rings (SSSR count). The predicted octanol–water partition coefficient (Wildman–Crippen LogP) is 1.85. The Bertz CT molecular complexity index is 274. The topological polar surface area (TPSA) is 37.4 Å². The summed E-state index contributed by atoms with van der Waals surface area (Å²) >= 11 is 0. The van der Waals surface area contributed by atoms with Gasteiger partial charge in [-0.05, 0) is 25.2 Å². The molecular formula is C10H21NO2S. The summed E-state index contributed by atoms with van der Waals surface area (Å²) in [6, 6.07) is 0.264. The third-order valence-corrected chi connectivity index (χ3v) is 4.45. The maximum absolute atomic E-state index is 11.4. The molecule has 1 aliphatic heterocycles. The number of hydrogen-bond acceptors (Lipinski definition) is 2. The van der Waals surface area contributed by atoms with Crippen LogP contribution in [0.1, 0.15) is 39.5 Å². The van der Waals surface area contributed by atoms with E-state index >= 15 is 0 Å². The Labute approximate surface area is 87.5 Å². The number of sulfonamides is 1. The third-order valence-electron chi connectivity index (χ3n) is 3.12. The second-order valence-corrected chi connectivity index (χ2v) is 6.35. The maximum Gasteiger partial charge on any atom is 0.211 e. The van der Waals surface area contributed by atoms with E-state index in [9.17, 15) is 8.42 Å². The maximum atomic E-state index is 11.4. The summed E-state index contributed by atoms with van der Waals surface area (Å²) in [5.74, 6) is 0.627. The van der Waals surface area contributed by atoms with Gasteiger partial charge in [0.25, 0.3) is 0 Å². The van der Waals surface area contributed by atoms with Gasteiger partial charge >= 0.3 is 0 Å². The largest absolute Gasteiger partial charge is 0.212 e. The minimum atomic E-state index is -2.97. The number of hydrogen-bond donors (Lipinski definition) is 0. The van der Waals surface area contributed by atoms with E-state index in [0.29, 0.717) is 5.92 Å². The van der Waals surface area contributed by atoms with Crippen molar-refractivity contribution in [2.75, 3.05) is 12.8 Å². The van der Waals surface area contributed by atoms with E-state index in [1.807, 2.05) is 0 Å². The van der Waals surface area contributed by atoms with Gasteiger partial charge in [0, 0.05) is 12.6 Å². The van der Waals surface area contributed by atoms with Crippen LogP contribution in [0, 0.1) is 5.92 Å². The van der Waals surface area contributed by atoms with Gasteiger partial charge in [-0.2, -0.15) is 4.31 Å². The molecule has 1 heterocycles. The summed E-state index contributed by atoms with van der Waals surface area (Å²) in [4.78, 5) is 0. The fourth-order valence-electron chi connectivity index (χ4n) is 2.11. The van der Waals surface area contributed by atoms with Crippen molar-refractivity contribution < 1.29 is 8.42 Å². The Morgan fingerprint density at radius 1 is 1.50 bits per heavy atom. The van der Waals surface area contributed by atoms with E-state index in [-0.39, 0.29) is 6.04 Å². The highest BCUT2D eigenvalue weighted by Crippen LogP contribution is 2.26. The fraction of sp³-hybridized carbons (Fsp3) is 1.00. The summed E-state index contributed by atoms with van der Waals surface area (Å²) in [7, 11) is -2.97. The molecule has 4 heteroatoms. The minimum absolute atomic E-state index is 0.264. The summed E-state index contributed by atoms with van der Waals surface area (Å²) < 4.78 is 24.6. The molecule has 84 valence electrons. The van der Waals surface area contributed by atoms with E-state index in [4.69, 9.17) is 0 Å². The molecule has 0 aromatic heterocycles. The molecule has 2 atom stereocenters. The van der Waals surface area contributed by atoms with Crippen LogP contribution in [0.4, 0.5) is 0 Å². The van der Waals surface area contributed by atoms with Gasteiger partial charge in [-0.15, -0.1) is 0 Å². The quantitative estimate of drug-likeness (QED) is 0.723. The number of nitrogens with zero attached hydrogens (tertiary/aromatic N) is 1. The molecule has 0 saturated carbocycles. The van der Waals surface area contributed by atoms with E-state index in [1.165, 1.54) is 6.26 Å². The molecule has 0 radical (unpaired) electrons. The minimum Gasteiger partial charge on any atom is -0.212 e. The van der Waals surface area contributed by atoms with Crippen molar-refractivity contribution in [1.82, 2.24) is 4.31 Å². The predicted molar refractivity (Wildman–Crippen MR) is 58.6 cm³/mol. The molecule has 0 amide bonds. The van der Waals surface area contributed by atoms with Crippen LogP contribution in [0.15, 0.2) is 0 Å². The van der Waals surface area contributed by atoms with Crippen molar-refractivity contribution in [2.24, 2.45) is 5.92 Å². The Kier molecular flexibility index (Phi) is 3.95. The SMILES string of the molecule is CCC(C)C[C@H]1CCCN1S(C)(=O)=O. The Morgan fingerprint density at radius 2 is 2.14 bits per heavy atom. The molecule has 1 unspecified atom stereocenters. The Morgan fingerprint density at radius 3 is 2.64 bits per heavy atom. The molecule has 0 bridgehead atoms. The summed E-state index contributed by atoms with van der Waals surface area (Å²) in [5.41, 5.74) is 0. The second-order valence-electron chi connectivity index (χ2n) is 4.42. The third kappa shape index (κ3) is 2.95. The smallest absolute Gasteiger partial charge is 0.211 e. The molecule has 1 aliphatic rings. The van der Waals surface area contributed by atoms with Gasteiger partial charge < -0.3 is 0 Å². The first-order valence-corrected chi connectivity index (χ1v) is 7.26. The van der Waals surface area contributed by atoms with E-state index < -0.39 is 10.0 Å². The summed E-state index contributed by atoms with van der Waals surface area (Å²) in [6.07, 6.45) is 5.53. The Hall–Kier alpha value is -0.0900. The molecule has 0 aliphatic carbocycles. The van der Waals surface area contributed by atoms with Crippen LogP contribution < -0.4 is 0 Å². The van der Waals surface area contributed by atoms with Crippen LogP contribution in [0.25, 0.3) is 0 Å². The first-order valence-electron chi connectivity index (χ1n) is 5.42. The van der Waals surface area contributed by atoms with Gasteiger partial charge in [-0.1, -0.05) is 20.3 Å². The second kappa shape index (κ2) is 4.62. The lowest BCUT2D eigenvalue weighted by Gasteiger charge is -2.24. The average molecular weight is 219 g/mol. The van der Waals surface area contributed by atoms with Crippen LogP contribution in [0.2, 0.25) is 0 Å². The van der Waals surface area contributed by atoms with E-state index in [2.05, 4.69) is 13.8 Å². The van der Waals surface area contributed by atoms with Gasteiger partial charge in [0.1, 0.15) is 0 Å². The molecule has 3 nitrogen and oxygen atoms in total. The van der Waals surface area contributed by atoms with Crippen molar-refractivity contribution >= 4 is 10.0 Å². The highest BCUT2D eigenvalue weighted by molar-refractivity contribution is 7.88. The normalized spacial score (nSPS) is 26.6. The molecule has 14 heavy (non-hydrogen) atoms. The van der Waals surface area contributed by atoms with Crippen molar-refractivity contribution in [2.45, 2.75) is 45.6 Å². The van der Waals surface area contributed by atoms with Crippen molar-refractivity contribution in [3.05, 3.63) is 0 Å². The highest BCUT2D eigenvalue weighted by Gasteiger charge is 2.31. The molecule has 0 N–H and O–H groups in total. The molecular weight excluding hydrogens is 198 g/mol. The van der Waals surface area contributed by atoms with Crippen molar-refractivity contribution in [3.8, 4) is 0 Å². The first-order chi connectivity index (χ1) is 6.45. The zero-order chi connectivity index (χ0) is 10.8. The van der Waals surface area contributed by atoms with Crippen LogP contribution in [0.5, 0.6) is 0 Å². The van der Waals surface area contributed by atoms with Crippen LogP contribution >= 0.6 is 0 Å². The molecule has 0 spiro atoms. The van der Waals surface area contributed by atoms with Gasteiger partial charge in [0.15, 0.2) is 0 Å². The molecule has 1 fully saturated rings. The zero-order valence-corrected chi connectivity index (χ0v) is 10.2. The van der Waals surface area contributed by atoms with Gasteiger partial charge in [0.2, 0.25) is 10.0 Å². The van der Waals surface area contributed by atoms with Crippen molar-refractivity contribution in [3.63, 3.8) is 0 Å². The lowest BCUT2D eigenvalue weighted by Crippen LogP contribution is -2.35. The fourth-order valence-corrected chi connectivity index (χ4v) is 3.31. The van der Waals surface area contributed by atoms with E-state index in [1.54, 1.807) is 4.31 Å². The van der Waals surface area contributed by atoms with E-state index in [0.717, 1.165) is 32.2 Å². The average Bonchev–Trinajstić information content (AvgIpc) is 2.51. The molecule has 0 aromatic rings. The van der Waals surface area contributed by atoms with Crippen LogP contribution in [-0.2, 0) is 10.0 Å². The number of rotatable bonds is 4.